The van der Waals surface area contributed by atoms with Gasteiger partial charge in [-0.3, -0.25) is 0 Å². The van der Waals surface area contributed by atoms with Gasteiger partial charge in [-0.1, -0.05) is 17.3 Å². The predicted octanol–water partition coefficient (Wildman–Crippen LogP) is 2.61. The molecular formula is C16H18N2O4. The molecule has 116 valence electrons. The second-order valence-corrected chi connectivity index (χ2v) is 5.71. The third-order valence-corrected chi connectivity index (χ3v) is 4.51. The first-order valence-electron chi connectivity index (χ1n) is 7.56. The van der Waals surface area contributed by atoms with Crippen LogP contribution in [0.1, 0.15) is 36.5 Å². The fourth-order valence-corrected chi connectivity index (χ4v) is 2.99. The van der Waals surface area contributed by atoms with Crippen molar-refractivity contribution in [2.75, 3.05) is 13.9 Å². The third kappa shape index (κ3) is 2.14. The van der Waals surface area contributed by atoms with Crippen molar-refractivity contribution in [2.45, 2.75) is 37.7 Å². The molecule has 2 heterocycles. The highest BCUT2D eigenvalue weighted by atomic mass is 16.7. The molecule has 6 heteroatoms. The maximum atomic E-state index is 5.57. The Hall–Kier alpha value is -2.08. The highest BCUT2D eigenvalue weighted by molar-refractivity contribution is 5.48. The van der Waals surface area contributed by atoms with Crippen LogP contribution in [0.15, 0.2) is 22.7 Å². The number of hydrogen-bond acceptors (Lipinski definition) is 6. The Kier molecular flexibility index (Phi) is 3.26. The lowest BCUT2D eigenvalue weighted by molar-refractivity contribution is -0.0858. The van der Waals surface area contributed by atoms with Gasteiger partial charge in [0.25, 0.3) is 0 Å². The molecule has 1 fully saturated rings. The van der Waals surface area contributed by atoms with Crippen LogP contribution in [0.3, 0.4) is 0 Å². The van der Waals surface area contributed by atoms with E-state index in [1.165, 1.54) is 0 Å². The van der Waals surface area contributed by atoms with Crippen LogP contribution in [0, 0.1) is 0 Å². The summed E-state index contributed by atoms with van der Waals surface area (Å²) in [6.07, 6.45) is 4.51. The zero-order chi connectivity index (χ0) is 15.0. The van der Waals surface area contributed by atoms with Gasteiger partial charge >= 0.3 is 0 Å². The van der Waals surface area contributed by atoms with Crippen LogP contribution in [0.4, 0.5) is 0 Å². The van der Waals surface area contributed by atoms with Crippen molar-refractivity contribution in [3.63, 3.8) is 0 Å². The minimum absolute atomic E-state index is 0.285. The monoisotopic (exact) mass is 302 g/mol. The molecule has 1 aliphatic heterocycles. The summed E-state index contributed by atoms with van der Waals surface area (Å²) in [5.74, 6) is 2.94. The van der Waals surface area contributed by atoms with Gasteiger partial charge in [0.05, 0.1) is 0 Å². The van der Waals surface area contributed by atoms with E-state index in [2.05, 4.69) is 10.1 Å². The lowest BCUT2D eigenvalue weighted by Gasteiger charge is -2.37. The molecule has 2 aliphatic rings. The van der Waals surface area contributed by atoms with Crippen LogP contribution >= 0.6 is 0 Å². The summed E-state index contributed by atoms with van der Waals surface area (Å²) in [5.41, 5.74) is 0.770. The molecule has 0 saturated heterocycles. The van der Waals surface area contributed by atoms with Crippen LogP contribution < -0.4 is 9.47 Å². The molecule has 0 unspecified atom stereocenters. The van der Waals surface area contributed by atoms with Crippen LogP contribution in [0.25, 0.3) is 0 Å². The Labute approximate surface area is 128 Å². The van der Waals surface area contributed by atoms with Crippen molar-refractivity contribution in [1.29, 1.82) is 0 Å². The summed E-state index contributed by atoms with van der Waals surface area (Å²) < 4.78 is 21.9. The second-order valence-electron chi connectivity index (χ2n) is 5.71. The summed E-state index contributed by atoms with van der Waals surface area (Å²) in [5, 5.41) is 4.10. The van der Waals surface area contributed by atoms with E-state index in [1.54, 1.807) is 7.11 Å². The Balaban J connectivity index is 1.47. The van der Waals surface area contributed by atoms with Crippen molar-refractivity contribution < 1.29 is 18.7 Å². The Morgan fingerprint density at radius 2 is 2.14 bits per heavy atom. The molecule has 1 saturated carbocycles. The van der Waals surface area contributed by atoms with E-state index in [4.69, 9.17) is 18.7 Å². The molecule has 0 radical (unpaired) electrons. The van der Waals surface area contributed by atoms with Gasteiger partial charge in [-0.05, 0) is 37.3 Å². The Morgan fingerprint density at radius 3 is 2.91 bits per heavy atom. The van der Waals surface area contributed by atoms with E-state index in [0.717, 1.165) is 42.7 Å². The SMILES string of the molecule is COC1(c2noc(CCc3cccc4c3OCO4)n2)CCC1. The van der Waals surface area contributed by atoms with E-state index < -0.39 is 0 Å². The first-order chi connectivity index (χ1) is 10.8. The largest absolute Gasteiger partial charge is 0.454 e. The van der Waals surface area contributed by atoms with Crippen molar-refractivity contribution in [1.82, 2.24) is 10.1 Å². The molecule has 1 aromatic carbocycles. The fraction of sp³-hybridized carbons (Fsp3) is 0.500. The van der Waals surface area contributed by atoms with Crippen LogP contribution in [-0.2, 0) is 23.2 Å². The van der Waals surface area contributed by atoms with E-state index >= 15 is 0 Å². The van der Waals surface area contributed by atoms with Crippen molar-refractivity contribution in [3.05, 3.63) is 35.5 Å². The highest BCUT2D eigenvalue weighted by Gasteiger charge is 2.43. The van der Waals surface area contributed by atoms with Gasteiger partial charge in [0.1, 0.15) is 5.60 Å². The number of fused-ring (bicyclic) bond motifs is 1. The number of aromatic nitrogens is 2. The van der Waals surface area contributed by atoms with Gasteiger partial charge in [-0.2, -0.15) is 4.98 Å². The van der Waals surface area contributed by atoms with Crippen LogP contribution in [-0.4, -0.2) is 24.0 Å². The molecule has 0 amide bonds. The lowest BCUT2D eigenvalue weighted by Crippen LogP contribution is -2.37. The topological polar surface area (TPSA) is 66.6 Å². The Bertz CT molecular complexity index is 673. The molecular weight excluding hydrogens is 284 g/mol. The number of benzene rings is 1. The quantitative estimate of drug-likeness (QED) is 0.846. The molecule has 0 atom stereocenters. The maximum Gasteiger partial charge on any atom is 0.231 e. The van der Waals surface area contributed by atoms with Crippen molar-refractivity contribution in [2.24, 2.45) is 0 Å². The molecule has 22 heavy (non-hydrogen) atoms. The third-order valence-electron chi connectivity index (χ3n) is 4.51. The van der Waals surface area contributed by atoms with E-state index in [0.29, 0.717) is 18.1 Å². The zero-order valence-electron chi connectivity index (χ0n) is 12.5. The molecule has 1 aliphatic carbocycles. The molecule has 4 rings (SSSR count). The number of rotatable bonds is 5. The van der Waals surface area contributed by atoms with Gasteiger partial charge < -0.3 is 18.7 Å². The van der Waals surface area contributed by atoms with Crippen molar-refractivity contribution >= 4 is 0 Å². The van der Waals surface area contributed by atoms with Crippen LogP contribution in [0.5, 0.6) is 11.5 Å². The molecule has 2 aromatic rings. The number of ether oxygens (including phenoxy) is 3. The minimum atomic E-state index is -0.327. The summed E-state index contributed by atoms with van der Waals surface area (Å²) in [6, 6.07) is 5.92. The van der Waals surface area contributed by atoms with Crippen molar-refractivity contribution in [3.8, 4) is 11.5 Å². The molecule has 1 aromatic heterocycles. The van der Waals surface area contributed by atoms with E-state index in [-0.39, 0.29) is 12.4 Å². The lowest BCUT2D eigenvalue weighted by atomic mass is 9.79. The molecule has 6 nitrogen and oxygen atoms in total. The normalized spacial score (nSPS) is 18.2. The van der Waals surface area contributed by atoms with E-state index in [9.17, 15) is 0 Å². The summed E-state index contributed by atoms with van der Waals surface area (Å²) >= 11 is 0. The number of aryl methyl sites for hydroxylation is 2. The first kappa shape index (κ1) is 13.6. The molecule has 0 N–H and O–H groups in total. The highest BCUT2D eigenvalue weighted by Crippen LogP contribution is 2.42. The number of para-hydroxylation sites is 1. The average Bonchev–Trinajstić information content (AvgIpc) is 3.14. The smallest absolute Gasteiger partial charge is 0.231 e. The molecule has 0 spiro atoms. The number of methoxy groups -OCH3 is 1. The summed E-state index contributed by atoms with van der Waals surface area (Å²) in [6.45, 7) is 0.285. The van der Waals surface area contributed by atoms with E-state index in [1.807, 2.05) is 18.2 Å². The number of hydrogen-bond donors (Lipinski definition) is 0. The summed E-state index contributed by atoms with van der Waals surface area (Å²) in [7, 11) is 1.71. The zero-order valence-corrected chi connectivity index (χ0v) is 12.5. The number of nitrogens with zero attached hydrogens (tertiary/aromatic N) is 2. The first-order valence-corrected chi connectivity index (χ1v) is 7.56. The standard InChI is InChI=1S/C16H18N2O4/c1-19-16(8-3-9-16)15-17-13(22-18-15)7-6-11-4-2-5-12-14(11)21-10-20-12/h2,4-5H,3,6-10H2,1H3. The fourth-order valence-electron chi connectivity index (χ4n) is 2.99. The van der Waals surface area contributed by atoms with Gasteiger partial charge in [-0.25, -0.2) is 0 Å². The summed E-state index contributed by atoms with van der Waals surface area (Å²) in [4.78, 5) is 4.51. The van der Waals surface area contributed by atoms with Gasteiger partial charge in [0.2, 0.25) is 18.5 Å². The minimum Gasteiger partial charge on any atom is -0.454 e. The predicted molar refractivity (Wildman–Crippen MR) is 76.8 cm³/mol. The maximum absolute atomic E-state index is 5.57. The average molecular weight is 302 g/mol. The van der Waals surface area contributed by atoms with Gasteiger partial charge in [0, 0.05) is 13.5 Å². The van der Waals surface area contributed by atoms with Gasteiger partial charge in [0.15, 0.2) is 11.5 Å². The van der Waals surface area contributed by atoms with Gasteiger partial charge in [-0.15, -0.1) is 0 Å². The Morgan fingerprint density at radius 1 is 1.23 bits per heavy atom. The second kappa shape index (κ2) is 5.28. The molecule has 0 bridgehead atoms. The van der Waals surface area contributed by atoms with Crippen LogP contribution in [0.2, 0.25) is 0 Å².